The van der Waals surface area contributed by atoms with E-state index in [0.717, 1.165) is 41.1 Å². The van der Waals surface area contributed by atoms with Gasteiger partial charge in [-0.25, -0.2) is 4.79 Å². The summed E-state index contributed by atoms with van der Waals surface area (Å²) in [5.74, 6) is 0.263. The van der Waals surface area contributed by atoms with Crippen LogP contribution < -0.4 is 9.64 Å². The molecule has 1 aromatic heterocycles. The Kier molecular flexibility index (Phi) is 5.85. The minimum atomic E-state index is -0.916. The first kappa shape index (κ1) is 20.4. The molecule has 2 heterocycles. The summed E-state index contributed by atoms with van der Waals surface area (Å²) in [6.45, 7) is 0.639. The van der Waals surface area contributed by atoms with Crippen LogP contribution in [0, 0.1) is 11.3 Å². The molecule has 2 aromatic carbocycles. The molecule has 0 amide bonds. The predicted octanol–water partition coefficient (Wildman–Crippen LogP) is 4.92. The lowest BCUT2D eigenvalue weighted by molar-refractivity contribution is 0.0695. The van der Waals surface area contributed by atoms with Gasteiger partial charge in [0.2, 0.25) is 0 Å². The fraction of sp³-hybridized carbons (Fsp3) is 0.240. The number of hydrogen-bond acceptors (Lipinski definition) is 5. The highest BCUT2D eigenvalue weighted by molar-refractivity contribution is 5.89. The molecular formula is C25H23N3O3. The van der Waals surface area contributed by atoms with E-state index < -0.39 is 5.97 Å². The Hall–Kier alpha value is -3.85. The molecule has 0 spiro atoms. The van der Waals surface area contributed by atoms with E-state index in [9.17, 15) is 9.90 Å². The molecule has 0 bridgehead atoms. The summed E-state index contributed by atoms with van der Waals surface area (Å²) in [6.07, 6.45) is 5.57. The number of ether oxygens (including phenoxy) is 1. The summed E-state index contributed by atoms with van der Waals surface area (Å²) in [6, 6.07) is 17.4. The first-order valence-electron chi connectivity index (χ1n) is 10.2. The van der Waals surface area contributed by atoms with Gasteiger partial charge in [0.15, 0.2) is 0 Å². The average Bonchev–Trinajstić information content (AvgIpc) is 2.82. The van der Waals surface area contributed by atoms with Crippen molar-refractivity contribution in [2.45, 2.75) is 25.2 Å². The minimum absolute atomic E-state index is 0.305. The number of aryl methyl sites for hydroxylation is 1. The number of rotatable bonds is 6. The van der Waals surface area contributed by atoms with Crippen LogP contribution in [0.2, 0.25) is 0 Å². The third-order valence-electron chi connectivity index (χ3n) is 5.83. The number of carboxylic acid groups (broad SMARTS) is 1. The molecule has 6 nitrogen and oxygen atoms in total. The lowest BCUT2D eigenvalue weighted by Crippen LogP contribution is -2.17. The minimum Gasteiger partial charge on any atom is -0.493 e. The predicted molar refractivity (Wildman–Crippen MR) is 118 cm³/mol. The molecule has 0 saturated carbocycles. The Morgan fingerprint density at radius 2 is 2.00 bits per heavy atom. The van der Waals surface area contributed by atoms with Crippen LogP contribution in [0.3, 0.4) is 0 Å². The first-order valence-corrected chi connectivity index (χ1v) is 10.2. The smallest absolute Gasteiger partial charge is 0.336 e. The standard InChI is InChI=1S/C25H23N3O3/c1-28(20-6-2-17(15-26)3-7-20)21-8-9-22-18(11-13-31-24(22)14-21)4-5-19-16-27-12-10-23(19)25(29)30/h2-3,6-10,12,14,16,18H,4-5,11,13H2,1H3,(H,29,30)/t18-/m1/s1. The molecule has 0 radical (unpaired) electrons. The molecule has 0 saturated heterocycles. The van der Waals surface area contributed by atoms with E-state index in [1.807, 2.05) is 25.2 Å². The van der Waals surface area contributed by atoms with E-state index in [1.54, 1.807) is 24.4 Å². The van der Waals surface area contributed by atoms with Crippen molar-refractivity contribution in [2.75, 3.05) is 18.6 Å². The molecule has 1 aliphatic heterocycles. The van der Waals surface area contributed by atoms with Gasteiger partial charge >= 0.3 is 5.97 Å². The average molecular weight is 413 g/mol. The second-order valence-electron chi connectivity index (χ2n) is 7.65. The summed E-state index contributed by atoms with van der Waals surface area (Å²) in [7, 11) is 1.99. The number of fused-ring (bicyclic) bond motifs is 1. The van der Waals surface area contributed by atoms with Crippen LogP contribution in [-0.2, 0) is 6.42 Å². The highest BCUT2D eigenvalue weighted by atomic mass is 16.5. The third kappa shape index (κ3) is 4.36. The Labute approximate surface area is 181 Å². The van der Waals surface area contributed by atoms with Crippen LogP contribution in [0.5, 0.6) is 5.75 Å². The topological polar surface area (TPSA) is 86.5 Å². The second kappa shape index (κ2) is 8.88. The molecule has 156 valence electrons. The van der Waals surface area contributed by atoms with Crippen molar-refractivity contribution in [3.8, 4) is 11.8 Å². The maximum Gasteiger partial charge on any atom is 0.336 e. The van der Waals surface area contributed by atoms with Crippen molar-refractivity contribution in [1.29, 1.82) is 5.26 Å². The number of pyridine rings is 1. The van der Waals surface area contributed by atoms with Crippen molar-refractivity contribution in [3.63, 3.8) is 0 Å². The molecule has 0 aliphatic carbocycles. The number of nitrogens with zero attached hydrogens (tertiary/aromatic N) is 3. The highest BCUT2D eigenvalue weighted by Gasteiger charge is 2.23. The van der Waals surface area contributed by atoms with Gasteiger partial charge in [-0.05, 0) is 72.7 Å². The fourth-order valence-electron chi connectivity index (χ4n) is 4.03. The van der Waals surface area contributed by atoms with Gasteiger partial charge in [0.1, 0.15) is 5.75 Å². The van der Waals surface area contributed by atoms with Gasteiger partial charge in [-0.1, -0.05) is 6.07 Å². The third-order valence-corrected chi connectivity index (χ3v) is 5.83. The van der Waals surface area contributed by atoms with Gasteiger partial charge in [-0.15, -0.1) is 0 Å². The van der Waals surface area contributed by atoms with E-state index in [-0.39, 0.29) is 0 Å². The summed E-state index contributed by atoms with van der Waals surface area (Å²) >= 11 is 0. The summed E-state index contributed by atoms with van der Waals surface area (Å²) in [5.41, 5.74) is 4.87. The highest BCUT2D eigenvalue weighted by Crippen LogP contribution is 2.39. The summed E-state index contributed by atoms with van der Waals surface area (Å²) in [5, 5.41) is 18.4. The molecule has 1 aliphatic rings. The first-order chi connectivity index (χ1) is 15.1. The Morgan fingerprint density at radius 3 is 2.74 bits per heavy atom. The SMILES string of the molecule is CN(c1ccc(C#N)cc1)c1ccc2c(c1)OCC[C@H]2CCc1cnccc1C(=O)O. The number of carboxylic acids is 1. The maximum atomic E-state index is 11.5. The van der Waals surface area contributed by atoms with Crippen LogP contribution in [-0.4, -0.2) is 29.7 Å². The van der Waals surface area contributed by atoms with Gasteiger partial charge in [0.25, 0.3) is 0 Å². The maximum absolute atomic E-state index is 11.5. The molecular weight excluding hydrogens is 390 g/mol. The van der Waals surface area contributed by atoms with Crippen molar-refractivity contribution in [1.82, 2.24) is 4.98 Å². The number of carbonyl (C=O) groups is 1. The monoisotopic (exact) mass is 413 g/mol. The van der Waals surface area contributed by atoms with Crippen molar-refractivity contribution in [3.05, 3.63) is 83.2 Å². The molecule has 3 aromatic rings. The Bertz CT molecular complexity index is 1140. The number of hydrogen-bond donors (Lipinski definition) is 1. The number of aromatic carboxylic acids is 1. The molecule has 31 heavy (non-hydrogen) atoms. The number of benzene rings is 2. The van der Waals surface area contributed by atoms with Crippen LogP contribution >= 0.6 is 0 Å². The van der Waals surface area contributed by atoms with Crippen LogP contribution in [0.1, 0.15) is 45.8 Å². The summed E-state index contributed by atoms with van der Waals surface area (Å²) in [4.78, 5) is 17.6. The quantitative estimate of drug-likeness (QED) is 0.617. The van der Waals surface area contributed by atoms with E-state index in [0.29, 0.717) is 30.1 Å². The second-order valence-corrected chi connectivity index (χ2v) is 7.65. The van der Waals surface area contributed by atoms with Crippen LogP contribution in [0.15, 0.2) is 60.9 Å². The van der Waals surface area contributed by atoms with E-state index >= 15 is 0 Å². The molecule has 6 heteroatoms. The van der Waals surface area contributed by atoms with Crippen LogP contribution in [0.4, 0.5) is 11.4 Å². The largest absolute Gasteiger partial charge is 0.493 e. The lowest BCUT2D eigenvalue weighted by atomic mass is 9.87. The Balaban J connectivity index is 1.52. The normalized spacial score (nSPS) is 14.8. The molecule has 0 fully saturated rings. The molecule has 4 rings (SSSR count). The van der Waals surface area contributed by atoms with E-state index in [2.05, 4.69) is 28.1 Å². The van der Waals surface area contributed by atoms with E-state index in [4.69, 9.17) is 10.00 Å². The van der Waals surface area contributed by atoms with Gasteiger partial charge in [-0.2, -0.15) is 5.26 Å². The van der Waals surface area contributed by atoms with Gasteiger partial charge in [0, 0.05) is 36.9 Å². The fourth-order valence-corrected chi connectivity index (χ4v) is 4.03. The number of aromatic nitrogens is 1. The molecule has 1 N–H and O–H groups in total. The lowest BCUT2D eigenvalue weighted by Gasteiger charge is -2.28. The van der Waals surface area contributed by atoms with E-state index in [1.165, 1.54) is 6.20 Å². The number of nitriles is 1. The van der Waals surface area contributed by atoms with Crippen LogP contribution in [0.25, 0.3) is 0 Å². The number of anilines is 2. The zero-order valence-electron chi connectivity index (χ0n) is 17.3. The van der Waals surface area contributed by atoms with Crippen molar-refractivity contribution < 1.29 is 14.6 Å². The van der Waals surface area contributed by atoms with Gasteiger partial charge < -0.3 is 14.7 Å². The zero-order valence-corrected chi connectivity index (χ0v) is 17.3. The zero-order chi connectivity index (χ0) is 21.8. The van der Waals surface area contributed by atoms with Crippen molar-refractivity contribution in [2.24, 2.45) is 0 Å². The van der Waals surface area contributed by atoms with Gasteiger partial charge in [0.05, 0.1) is 23.8 Å². The van der Waals surface area contributed by atoms with Crippen molar-refractivity contribution >= 4 is 17.3 Å². The summed E-state index contributed by atoms with van der Waals surface area (Å²) < 4.78 is 5.95. The molecule has 0 unspecified atom stereocenters. The molecule has 1 atom stereocenters. The van der Waals surface area contributed by atoms with Gasteiger partial charge in [-0.3, -0.25) is 4.98 Å². The Morgan fingerprint density at radius 1 is 1.23 bits per heavy atom.